The van der Waals surface area contributed by atoms with Gasteiger partial charge in [-0.3, -0.25) is 9.59 Å². The summed E-state index contributed by atoms with van der Waals surface area (Å²) in [6.45, 7) is 0.0600. The highest BCUT2D eigenvalue weighted by atomic mass is 16.3. The van der Waals surface area contributed by atoms with E-state index in [4.69, 9.17) is 16.6 Å². The monoisotopic (exact) mass is 203 g/mol. The van der Waals surface area contributed by atoms with E-state index in [1.807, 2.05) is 0 Å². The average molecular weight is 203 g/mol. The first kappa shape index (κ1) is 12.9. The van der Waals surface area contributed by atoms with Gasteiger partial charge in [0.2, 0.25) is 11.8 Å². The summed E-state index contributed by atoms with van der Waals surface area (Å²) < 4.78 is 0. The van der Waals surface area contributed by atoms with E-state index in [0.717, 1.165) is 6.42 Å². The number of primary amides is 1. The predicted molar refractivity (Wildman–Crippen MR) is 51.1 cm³/mol. The third kappa shape index (κ3) is 5.50. The molecule has 0 saturated carbocycles. The first-order valence-electron chi connectivity index (χ1n) is 4.51. The second-order valence-electron chi connectivity index (χ2n) is 2.95. The van der Waals surface area contributed by atoms with E-state index in [1.54, 1.807) is 0 Å². The lowest BCUT2D eigenvalue weighted by Crippen LogP contribution is -2.46. The lowest BCUT2D eigenvalue weighted by atomic mass is 10.2. The number of carbonyl (C=O) groups excluding carboxylic acids is 2. The molecule has 0 heterocycles. The molecular formula is C8H17N3O3. The average Bonchev–Trinajstić information content (AvgIpc) is 2.14. The summed E-state index contributed by atoms with van der Waals surface area (Å²) in [5.41, 5.74) is 10.2. The highest BCUT2D eigenvalue weighted by Crippen LogP contribution is 1.94. The van der Waals surface area contributed by atoms with Crippen molar-refractivity contribution >= 4 is 11.8 Å². The number of aliphatic hydroxyl groups is 1. The zero-order valence-electron chi connectivity index (χ0n) is 8.03. The van der Waals surface area contributed by atoms with Crippen molar-refractivity contribution in [2.45, 2.75) is 25.3 Å². The highest BCUT2D eigenvalue weighted by molar-refractivity contribution is 5.86. The molecule has 0 aromatic rings. The minimum Gasteiger partial charge on any atom is -0.394 e. The fraction of sp³-hybridized carbons (Fsp3) is 0.750. The molecule has 0 aromatic carbocycles. The Morgan fingerprint density at radius 1 is 1.36 bits per heavy atom. The van der Waals surface area contributed by atoms with Crippen LogP contribution in [0, 0.1) is 0 Å². The standard InChI is InChI=1S/C8H17N3O3/c9-4-2-1-3-7(13)11-6(5-12)8(10)14/h6,12H,1-5,9H2,(H2,10,14)(H,11,13)/t6-/m0/s1. The molecule has 82 valence electrons. The number of rotatable bonds is 7. The fourth-order valence-corrected chi connectivity index (χ4v) is 0.903. The van der Waals surface area contributed by atoms with Crippen LogP contribution in [0.5, 0.6) is 0 Å². The smallest absolute Gasteiger partial charge is 0.242 e. The Hall–Kier alpha value is -1.14. The van der Waals surface area contributed by atoms with E-state index in [1.165, 1.54) is 0 Å². The Morgan fingerprint density at radius 3 is 2.43 bits per heavy atom. The Morgan fingerprint density at radius 2 is 2.00 bits per heavy atom. The van der Waals surface area contributed by atoms with Crippen molar-refractivity contribution in [2.24, 2.45) is 11.5 Å². The largest absolute Gasteiger partial charge is 0.394 e. The van der Waals surface area contributed by atoms with Gasteiger partial charge in [-0.25, -0.2) is 0 Å². The van der Waals surface area contributed by atoms with E-state index in [0.29, 0.717) is 19.4 Å². The number of hydrogen-bond acceptors (Lipinski definition) is 4. The van der Waals surface area contributed by atoms with Gasteiger partial charge >= 0.3 is 0 Å². The van der Waals surface area contributed by atoms with Crippen molar-refractivity contribution in [1.82, 2.24) is 5.32 Å². The van der Waals surface area contributed by atoms with Crippen LogP contribution in [0.4, 0.5) is 0 Å². The maximum Gasteiger partial charge on any atom is 0.242 e. The molecule has 2 amide bonds. The molecule has 0 aliphatic rings. The van der Waals surface area contributed by atoms with E-state index in [-0.39, 0.29) is 5.91 Å². The molecule has 0 spiro atoms. The Kier molecular flexibility index (Phi) is 6.69. The zero-order chi connectivity index (χ0) is 11.0. The normalized spacial score (nSPS) is 12.1. The fourth-order valence-electron chi connectivity index (χ4n) is 0.903. The molecule has 14 heavy (non-hydrogen) atoms. The summed E-state index contributed by atoms with van der Waals surface area (Å²) in [6, 6.07) is -0.986. The van der Waals surface area contributed by atoms with Gasteiger partial charge in [-0.1, -0.05) is 0 Å². The number of amides is 2. The summed E-state index contributed by atoms with van der Waals surface area (Å²) in [5.74, 6) is -1.03. The van der Waals surface area contributed by atoms with E-state index < -0.39 is 18.6 Å². The Balaban J connectivity index is 3.74. The SMILES string of the molecule is NCCCCC(=O)N[C@@H](CO)C(N)=O. The van der Waals surface area contributed by atoms with Gasteiger partial charge in [0.25, 0.3) is 0 Å². The number of unbranched alkanes of at least 4 members (excludes halogenated alkanes) is 1. The molecule has 0 saturated heterocycles. The molecule has 6 heteroatoms. The van der Waals surface area contributed by atoms with Crippen molar-refractivity contribution in [3.05, 3.63) is 0 Å². The second-order valence-corrected chi connectivity index (χ2v) is 2.95. The van der Waals surface area contributed by atoms with Crippen molar-refractivity contribution in [2.75, 3.05) is 13.2 Å². The van der Waals surface area contributed by atoms with Crippen molar-refractivity contribution in [3.8, 4) is 0 Å². The van der Waals surface area contributed by atoms with E-state index >= 15 is 0 Å². The molecule has 0 aromatic heterocycles. The summed E-state index contributed by atoms with van der Waals surface area (Å²) in [6.07, 6.45) is 1.72. The number of carbonyl (C=O) groups is 2. The molecule has 0 radical (unpaired) electrons. The molecule has 1 atom stereocenters. The minimum absolute atomic E-state index is 0.293. The topological polar surface area (TPSA) is 118 Å². The summed E-state index contributed by atoms with van der Waals surface area (Å²) in [4.78, 5) is 21.7. The Labute approximate surface area is 82.6 Å². The van der Waals surface area contributed by atoms with Gasteiger partial charge in [0, 0.05) is 6.42 Å². The molecule has 0 bridgehead atoms. The van der Waals surface area contributed by atoms with Crippen molar-refractivity contribution in [3.63, 3.8) is 0 Å². The van der Waals surface area contributed by atoms with E-state index in [2.05, 4.69) is 5.32 Å². The highest BCUT2D eigenvalue weighted by Gasteiger charge is 2.15. The second kappa shape index (κ2) is 7.28. The predicted octanol–water partition coefficient (Wildman–Crippen LogP) is -1.92. The maximum atomic E-state index is 11.1. The minimum atomic E-state index is -0.986. The van der Waals surface area contributed by atoms with Crippen LogP contribution in [0.2, 0.25) is 0 Å². The van der Waals surface area contributed by atoms with Gasteiger partial charge in [-0.15, -0.1) is 0 Å². The van der Waals surface area contributed by atoms with Crippen LogP contribution in [0.3, 0.4) is 0 Å². The van der Waals surface area contributed by atoms with Crippen LogP contribution in [-0.4, -0.2) is 36.1 Å². The van der Waals surface area contributed by atoms with Gasteiger partial charge in [-0.2, -0.15) is 0 Å². The first-order valence-corrected chi connectivity index (χ1v) is 4.51. The van der Waals surface area contributed by atoms with Crippen LogP contribution in [0.1, 0.15) is 19.3 Å². The van der Waals surface area contributed by atoms with Crippen molar-refractivity contribution in [1.29, 1.82) is 0 Å². The third-order valence-electron chi connectivity index (χ3n) is 1.72. The van der Waals surface area contributed by atoms with Crippen LogP contribution < -0.4 is 16.8 Å². The third-order valence-corrected chi connectivity index (χ3v) is 1.72. The van der Waals surface area contributed by atoms with Gasteiger partial charge in [0.15, 0.2) is 0 Å². The summed E-state index contributed by atoms with van der Waals surface area (Å²) in [5, 5.41) is 11.0. The van der Waals surface area contributed by atoms with Crippen LogP contribution in [0.15, 0.2) is 0 Å². The van der Waals surface area contributed by atoms with Crippen molar-refractivity contribution < 1.29 is 14.7 Å². The first-order chi connectivity index (χ1) is 6.61. The Bertz CT molecular complexity index is 196. The maximum absolute atomic E-state index is 11.1. The quantitative estimate of drug-likeness (QED) is 0.360. The zero-order valence-corrected chi connectivity index (χ0v) is 8.03. The molecule has 0 aliphatic carbocycles. The number of nitrogens with two attached hydrogens (primary N) is 2. The molecule has 6 nitrogen and oxygen atoms in total. The van der Waals surface area contributed by atoms with Gasteiger partial charge in [0.05, 0.1) is 6.61 Å². The van der Waals surface area contributed by atoms with Crippen LogP contribution in [-0.2, 0) is 9.59 Å². The lowest BCUT2D eigenvalue weighted by molar-refractivity contribution is -0.128. The molecule has 0 unspecified atom stereocenters. The number of hydrogen-bond donors (Lipinski definition) is 4. The number of nitrogens with one attached hydrogen (secondary N) is 1. The summed E-state index contributed by atoms with van der Waals surface area (Å²) >= 11 is 0. The molecular weight excluding hydrogens is 186 g/mol. The summed E-state index contributed by atoms with van der Waals surface area (Å²) in [7, 11) is 0. The lowest BCUT2D eigenvalue weighted by Gasteiger charge is -2.11. The number of aliphatic hydroxyl groups excluding tert-OH is 1. The van der Waals surface area contributed by atoms with Crippen LogP contribution >= 0.6 is 0 Å². The van der Waals surface area contributed by atoms with Gasteiger partial charge in [0.1, 0.15) is 6.04 Å². The molecule has 0 rings (SSSR count). The van der Waals surface area contributed by atoms with Crippen LogP contribution in [0.25, 0.3) is 0 Å². The van der Waals surface area contributed by atoms with Gasteiger partial charge < -0.3 is 21.9 Å². The molecule has 0 fully saturated rings. The van der Waals surface area contributed by atoms with E-state index in [9.17, 15) is 9.59 Å². The molecule has 6 N–H and O–H groups in total. The van der Waals surface area contributed by atoms with Gasteiger partial charge in [-0.05, 0) is 19.4 Å². The molecule has 0 aliphatic heterocycles.